The second-order valence-corrected chi connectivity index (χ2v) is 4.65. The molecule has 110 valence electrons. The maximum absolute atomic E-state index is 12.0. The summed E-state index contributed by atoms with van der Waals surface area (Å²) in [5.41, 5.74) is 0.0243. The molecule has 1 aliphatic carbocycles. The van der Waals surface area contributed by atoms with Crippen LogP contribution in [0.15, 0.2) is 29.7 Å². The molecule has 0 spiro atoms. The zero-order valence-corrected chi connectivity index (χ0v) is 10.7. The van der Waals surface area contributed by atoms with E-state index in [1.807, 2.05) is 0 Å². The Balaban J connectivity index is 2.44. The van der Waals surface area contributed by atoms with E-state index < -0.39 is 41.6 Å². The van der Waals surface area contributed by atoms with Gasteiger partial charge in [0.2, 0.25) is 23.1 Å². The van der Waals surface area contributed by atoms with E-state index in [1.165, 1.54) is 18.2 Å². The van der Waals surface area contributed by atoms with Gasteiger partial charge in [-0.05, 0) is 12.0 Å². The van der Waals surface area contributed by atoms with Gasteiger partial charge in [0.05, 0.1) is 12.5 Å². The van der Waals surface area contributed by atoms with Crippen molar-refractivity contribution in [2.45, 2.75) is 18.9 Å². The van der Waals surface area contributed by atoms with Crippen LogP contribution in [0.25, 0.3) is 0 Å². The second kappa shape index (κ2) is 5.37. The van der Waals surface area contributed by atoms with Gasteiger partial charge in [0.15, 0.2) is 0 Å². The van der Waals surface area contributed by atoms with Gasteiger partial charge in [-0.3, -0.25) is 14.4 Å². The number of ketones is 2. The Morgan fingerprint density at radius 1 is 1.10 bits per heavy atom. The molecule has 0 aliphatic heterocycles. The van der Waals surface area contributed by atoms with Gasteiger partial charge in [-0.25, -0.2) is 0 Å². The van der Waals surface area contributed by atoms with Crippen LogP contribution in [0, 0.1) is 0 Å². The van der Waals surface area contributed by atoms with Gasteiger partial charge in [0.25, 0.3) is 0 Å². The summed E-state index contributed by atoms with van der Waals surface area (Å²) in [7, 11) is 0. The van der Waals surface area contributed by atoms with Crippen molar-refractivity contribution in [3.63, 3.8) is 0 Å². The first kappa shape index (κ1) is 14.7. The fourth-order valence-corrected chi connectivity index (χ4v) is 2.22. The average Bonchev–Trinajstić information content (AvgIpc) is 2.41. The third kappa shape index (κ3) is 2.63. The Hall–Kier alpha value is -2.67. The lowest BCUT2D eigenvalue weighted by Gasteiger charge is -2.18. The summed E-state index contributed by atoms with van der Waals surface area (Å²) in [5.74, 6) is -5.09. The van der Waals surface area contributed by atoms with Gasteiger partial charge in [0.1, 0.15) is 0 Å². The smallest absolute Gasteiger partial charge is 0.305 e. The molecule has 1 aromatic rings. The van der Waals surface area contributed by atoms with Crippen LogP contribution in [0.5, 0.6) is 0 Å². The third-order valence-corrected chi connectivity index (χ3v) is 3.14. The van der Waals surface area contributed by atoms with E-state index in [1.54, 1.807) is 0 Å². The van der Waals surface area contributed by atoms with Gasteiger partial charge in [-0.15, -0.1) is 0 Å². The number of fused-ring (bicyclic) bond motifs is 1. The van der Waals surface area contributed by atoms with E-state index >= 15 is 0 Å². The van der Waals surface area contributed by atoms with Crippen molar-refractivity contribution >= 4 is 17.5 Å². The molecule has 0 amide bonds. The Morgan fingerprint density at radius 3 is 2.33 bits per heavy atom. The van der Waals surface area contributed by atoms with Crippen LogP contribution >= 0.6 is 0 Å². The number of aliphatic carboxylic acids is 1. The number of carboxylic acid groups (broad SMARTS) is 1. The number of hydrogen-bond donors (Lipinski definition) is 4. The summed E-state index contributed by atoms with van der Waals surface area (Å²) in [6.45, 7) is 0. The number of aliphatic hydroxyl groups excluding tert-OH is 3. The van der Waals surface area contributed by atoms with Gasteiger partial charge < -0.3 is 20.4 Å². The molecule has 1 aromatic carbocycles. The Morgan fingerprint density at radius 2 is 1.71 bits per heavy atom. The van der Waals surface area contributed by atoms with E-state index in [0.29, 0.717) is 0 Å². The fraction of sp³-hybridized carbons (Fsp3) is 0.214. The van der Waals surface area contributed by atoms with Gasteiger partial charge >= 0.3 is 5.97 Å². The third-order valence-electron chi connectivity index (χ3n) is 3.14. The van der Waals surface area contributed by atoms with Crippen LogP contribution in [0.1, 0.15) is 32.7 Å². The lowest BCUT2D eigenvalue weighted by molar-refractivity contribution is -0.139. The minimum Gasteiger partial charge on any atom is -0.501 e. The predicted octanol–water partition coefficient (Wildman–Crippen LogP) is 0.771. The van der Waals surface area contributed by atoms with Crippen LogP contribution in [-0.4, -0.2) is 44.1 Å². The molecule has 21 heavy (non-hydrogen) atoms. The summed E-state index contributed by atoms with van der Waals surface area (Å²) in [6.07, 6.45) is -1.92. The molecule has 1 aliphatic rings. The normalized spacial score (nSPS) is 15.9. The summed E-state index contributed by atoms with van der Waals surface area (Å²) in [4.78, 5) is 34.3. The Bertz CT molecular complexity index is 672. The van der Waals surface area contributed by atoms with Gasteiger partial charge in [0, 0.05) is 11.1 Å². The van der Waals surface area contributed by atoms with Crippen molar-refractivity contribution in [1.82, 2.24) is 0 Å². The first-order valence-electron chi connectivity index (χ1n) is 6.06. The van der Waals surface area contributed by atoms with Crippen LogP contribution < -0.4 is 0 Å². The van der Waals surface area contributed by atoms with Gasteiger partial charge in [-0.1, -0.05) is 18.2 Å². The monoisotopic (exact) mass is 292 g/mol. The molecule has 7 heteroatoms. The summed E-state index contributed by atoms with van der Waals surface area (Å²) >= 11 is 0. The van der Waals surface area contributed by atoms with E-state index in [0.717, 1.165) is 0 Å². The quantitative estimate of drug-likeness (QED) is 0.644. The van der Waals surface area contributed by atoms with E-state index in [9.17, 15) is 29.7 Å². The summed E-state index contributed by atoms with van der Waals surface area (Å²) in [6, 6.07) is 4.21. The first-order chi connectivity index (χ1) is 9.82. The highest BCUT2D eigenvalue weighted by Gasteiger charge is 2.34. The van der Waals surface area contributed by atoms with Crippen LogP contribution in [-0.2, 0) is 11.2 Å². The Kier molecular flexibility index (Phi) is 3.77. The molecule has 0 heterocycles. The highest BCUT2D eigenvalue weighted by atomic mass is 16.4. The van der Waals surface area contributed by atoms with Crippen molar-refractivity contribution in [2.24, 2.45) is 0 Å². The standard InChI is InChI=1S/C14H12O7/c15-7(5-9(16)17)4-6-2-1-3-8-10(6)12(19)14(21)13(20)11(8)18/h1-3,7,15,20-21H,4-5H2,(H,16,17). The molecule has 7 nitrogen and oxygen atoms in total. The van der Waals surface area contributed by atoms with Crippen LogP contribution in [0.4, 0.5) is 0 Å². The van der Waals surface area contributed by atoms with E-state index in [4.69, 9.17) is 5.11 Å². The highest BCUT2D eigenvalue weighted by molar-refractivity contribution is 6.25. The minimum atomic E-state index is -1.24. The van der Waals surface area contributed by atoms with Gasteiger partial charge in [-0.2, -0.15) is 0 Å². The zero-order chi connectivity index (χ0) is 15.7. The number of carbonyl (C=O) groups is 3. The maximum atomic E-state index is 12.0. The number of rotatable bonds is 4. The maximum Gasteiger partial charge on any atom is 0.305 e. The molecule has 0 aromatic heterocycles. The van der Waals surface area contributed by atoms with Crippen LogP contribution in [0.2, 0.25) is 0 Å². The van der Waals surface area contributed by atoms with Crippen molar-refractivity contribution in [2.75, 3.05) is 0 Å². The molecule has 1 atom stereocenters. The SMILES string of the molecule is O=C(O)CC(O)Cc1cccc2c1C(=O)C(O)=C(O)C2=O. The molecule has 0 saturated heterocycles. The molecule has 0 radical (unpaired) electrons. The van der Waals surface area contributed by atoms with Crippen LogP contribution in [0.3, 0.4) is 0 Å². The minimum absolute atomic E-state index is 0.0877. The number of aliphatic hydroxyl groups is 3. The van der Waals surface area contributed by atoms with Crippen molar-refractivity contribution in [1.29, 1.82) is 0 Å². The largest absolute Gasteiger partial charge is 0.501 e. The molecule has 0 fully saturated rings. The molecular formula is C14H12O7. The number of carbonyl (C=O) groups excluding carboxylic acids is 2. The predicted molar refractivity (Wildman–Crippen MR) is 69.4 cm³/mol. The number of Topliss-reactive ketones (excluding diaryl/α,β-unsaturated/α-hetero) is 2. The molecule has 1 unspecified atom stereocenters. The van der Waals surface area contributed by atoms with E-state index in [2.05, 4.69) is 0 Å². The summed E-state index contributed by atoms with van der Waals surface area (Å²) in [5, 5.41) is 37.1. The zero-order valence-electron chi connectivity index (χ0n) is 10.7. The Labute approximate surface area is 118 Å². The lowest BCUT2D eigenvalue weighted by Crippen LogP contribution is -2.25. The fourth-order valence-electron chi connectivity index (χ4n) is 2.22. The number of hydrogen-bond acceptors (Lipinski definition) is 6. The van der Waals surface area contributed by atoms with Crippen molar-refractivity contribution in [3.05, 3.63) is 46.4 Å². The topological polar surface area (TPSA) is 132 Å². The lowest BCUT2D eigenvalue weighted by atomic mass is 9.86. The first-order valence-corrected chi connectivity index (χ1v) is 6.06. The molecular weight excluding hydrogens is 280 g/mol. The molecule has 4 N–H and O–H groups in total. The second-order valence-electron chi connectivity index (χ2n) is 4.65. The average molecular weight is 292 g/mol. The number of carboxylic acids is 1. The van der Waals surface area contributed by atoms with Crippen molar-refractivity contribution in [3.8, 4) is 0 Å². The highest BCUT2D eigenvalue weighted by Crippen LogP contribution is 2.27. The van der Waals surface area contributed by atoms with Crippen molar-refractivity contribution < 1.29 is 34.8 Å². The summed E-state index contributed by atoms with van der Waals surface area (Å²) < 4.78 is 0. The molecule has 2 rings (SSSR count). The number of allylic oxidation sites excluding steroid dienone is 2. The van der Waals surface area contributed by atoms with E-state index in [-0.39, 0.29) is 23.1 Å². The molecule has 0 saturated carbocycles. The number of benzene rings is 1. The molecule has 0 bridgehead atoms.